The molecule has 0 unspecified atom stereocenters. The number of nitrogen functional groups attached to an aromatic ring is 1. The molecular weight excluding hydrogens is 234 g/mol. The summed E-state index contributed by atoms with van der Waals surface area (Å²) in [6.45, 7) is 3.28. The van der Waals surface area contributed by atoms with Crippen LogP contribution in [0.15, 0.2) is 29.8 Å². The van der Waals surface area contributed by atoms with Gasteiger partial charge in [0.2, 0.25) is 0 Å². The second-order valence-electron chi connectivity index (χ2n) is 3.71. The van der Waals surface area contributed by atoms with Crippen molar-refractivity contribution in [3.63, 3.8) is 0 Å². The first-order valence-electron chi connectivity index (χ1n) is 5.47. The molecule has 0 saturated heterocycles. The highest BCUT2D eigenvalue weighted by Crippen LogP contribution is 2.12. The number of nitrogens with zero attached hydrogens (tertiary/aromatic N) is 1. The fourth-order valence-electron chi connectivity index (χ4n) is 1.66. The number of hydrogen-bond acceptors (Lipinski definition) is 3. The van der Waals surface area contributed by atoms with Gasteiger partial charge >= 0.3 is 0 Å². The molecule has 2 aromatic rings. The van der Waals surface area contributed by atoms with Crippen molar-refractivity contribution in [1.29, 1.82) is 0 Å². The molecule has 2 aromatic heterocycles. The van der Waals surface area contributed by atoms with Gasteiger partial charge in [-0.05, 0) is 24.4 Å². The van der Waals surface area contributed by atoms with E-state index >= 15 is 0 Å². The van der Waals surface area contributed by atoms with E-state index in [1.165, 1.54) is 0 Å². The average Bonchev–Trinajstić information content (AvgIpc) is 2.94. The minimum Gasteiger partial charge on any atom is -0.397 e. The van der Waals surface area contributed by atoms with Crippen LogP contribution >= 0.6 is 11.3 Å². The lowest BCUT2D eigenvalue weighted by atomic mass is 10.3. The van der Waals surface area contributed by atoms with Crippen molar-refractivity contribution in [2.45, 2.75) is 20.0 Å². The van der Waals surface area contributed by atoms with Crippen LogP contribution in [0.3, 0.4) is 0 Å². The van der Waals surface area contributed by atoms with Crippen LogP contribution in [0.1, 0.15) is 22.3 Å². The predicted molar refractivity (Wildman–Crippen MR) is 70.0 cm³/mol. The Hall–Kier alpha value is -1.75. The van der Waals surface area contributed by atoms with Gasteiger partial charge in [-0.3, -0.25) is 4.79 Å². The van der Waals surface area contributed by atoms with E-state index in [-0.39, 0.29) is 5.91 Å². The smallest absolute Gasteiger partial charge is 0.268 e. The van der Waals surface area contributed by atoms with E-state index in [2.05, 4.69) is 5.32 Å². The van der Waals surface area contributed by atoms with Gasteiger partial charge in [0.1, 0.15) is 5.69 Å². The number of rotatable bonds is 4. The van der Waals surface area contributed by atoms with Gasteiger partial charge in [-0.15, -0.1) is 11.3 Å². The van der Waals surface area contributed by atoms with Crippen LogP contribution in [0, 0.1) is 0 Å². The summed E-state index contributed by atoms with van der Waals surface area (Å²) in [7, 11) is 0. The molecule has 0 aromatic carbocycles. The summed E-state index contributed by atoms with van der Waals surface area (Å²) in [4.78, 5) is 13.1. The lowest BCUT2D eigenvalue weighted by Gasteiger charge is -2.06. The minimum atomic E-state index is -0.0862. The monoisotopic (exact) mass is 249 g/mol. The molecule has 0 atom stereocenters. The van der Waals surface area contributed by atoms with Crippen LogP contribution in [0.2, 0.25) is 0 Å². The number of nitrogens with two attached hydrogens (primary N) is 1. The zero-order valence-corrected chi connectivity index (χ0v) is 10.5. The van der Waals surface area contributed by atoms with Crippen LogP contribution in [-0.4, -0.2) is 10.5 Å². The van der Waals surface area contributed by atoms with Gasteiger partial charge in [-0.25, -0.2) is 0 Å². The lowest BCUT2D eigenvalue weighted by molar-refractivity contribution is 0.0942. The Morgan fingerprint density at radius 1 is 1.59 bits per heavy atom. The minimum absolute atomic E-state index is 0.0862. The molecule has 17 heavy (non-hydrogen) atoms. The van der Waals surface area contributed by atoms with E-state index < -0.39 is 0 Å². The molecule has 0 saturated carbocycles. The van der Waals surface area contributed by atoms with Crippen molar-refractivity contribution in [1.82, 2.24) is 9.88 Å². The Morgan fingerprint density at radius 3 is 3.06 bits per heavy atom. The first-order chi connectivity index (χ1) is 8.20. The summed E-state index contributed by atoms with van der Waals surface area (Å²) >= 11 is 1.63. The maximum Gasteiger partial charge on any atom is 0.268 e. The van der Waals surface area contributed by atoms with Crippen molar-refractivity contribution >= 4 is 22.9 Å². The molecule has 1 amide bonds. The van der Waals surface area contributed by atoms with Gasteiger partial charge in [-0.2, -0.15) is 0 Å². The van der Waals surface area contributed by atoms with Gasteiger partial charge in [-0.1, -0.05) is 6.07 Å². The quantitative estimate of drug-likeness (QED) is 0.871. The van der Waals surface area contributed by atoms with Gasteiger partial charge in [0.25, 0.3) is 5.91 Å². The number of amides is 1. The predicted octanol–water partition coefficient (Wildman–Crippen LogP) is 2.08. The Morgan fingerprint density at radius 2 is 2.41 bits per heavy atom. The van der Waals surface area contributed by atoms with E-state index in [1.54, 1.807) is 23.6 Å². The second kappa shape index (κ2) is 5.05. The molecule has 0 radical (unpaired) electrons. The van der Waals surface area contributed by atoms with Crippen molar-refractivity contribution in [2.24, 2.45) is 0 Å². The number of carbonyl (C=O) groups excluding carboxylic acids is 1. The Kier molecular flexibility index (Phi) is 3.49. The highest BCUT2D eigenvalue weighted by molar-refractivity contribution is 7.09. The fraction of sp³-hybridized carbons (Fsp3) is 0.250. The van der Waals surface area contributed by atoms with Crippen LogP contribution in [0.4, 0.5) is 5.69 Å². The molecular formula is C12H15N3OS. The van der Waals surface area contributed by atoms with Crippen molar-refractivity contribution in [3.8, 4) is 0 Å². The second-order valence-corrected chi connectivity index (χ2v) is 4.74. The third kappa shape index (κ3) is 2.68. The SMILES string of the molecule is CCn1cc(N)cc1C(=O)NCc1cccs1. The number of thiophene rings is 1. The third-order valence-corrected chi connectivity index (χ3v) is 3.37. The zero-order chi connectivity index (χ0) is 12.3. The van der Waals surface area contributed by atoms with Gasteiger partial charge < -0.3 is 15.6 Å². The molecule has 0 aliphatic rings. The largest absolute Gasteiger partial charge is 0.397 e. The molecule has 0 spiro atoms. The number of carbonyl (C=O) groups is 1. The Balaban J connectivity index is 2.04. The molecule has 4 nitrogen and oxygen atoms in total. The van der Waals surface area contributed by atoms with Crippen molar-refractivity contribution in [2.75, 3.05) is 5.73 Å². The normalized spacial score (nSPS) is 10.4. The van der Waals surface area contributed by atoms with Crippen LogP contribution in [0.5, 0.6) is 0 Å². The molecule has 0 aliphatic carbocycles. The molecule has 2 heterocycles. The van der Waals surface area contributed by atoms with Gasteiger partial charge in [0.05, 0.1) is 12.2 Å². The topological polar surface area (TPSA) is 60.0 Å². The Labute approximate surface area is 104 Å². The number of aryl methyl sites for hydroxylation is 1. The molecule has 0 aliphatic heterocycles. The number of hydrogen-bond donors (Lipinski definition) is 2. The first-order valence-corrected chi connectivity index (χ1v) is 6.35. The molecule has 5 heteroatoms. The zero-order valence-electron chi connectivity index (χ0n) is 9.64. The molecule has 0 fully saturated rings. The summed E-state index contributed by atoms with van der Waals surface area (Å²) in [5.74, 6) is -0.0862. The standard InChI is InChI=1S/C12H15N3OS/c1-2-15-8-9(13)6-11(15)12(16)14-7-10-4-3-5-17-10/h3-6,8H,2,7,13H2,1H3,(H,14,16). The van der Waals surface area contributed by atoms with Crippen LogP contribution < -0.4 is 11.1 Å². The fourth-order valence-corrected chi connectivity index (χ4v) is 2.30. The van der Waals surface area contributed by atoms with Gasteiger partial charge in [0.15, 0.2) is 0 Å². The summed E-state index contributed by atoms with van der Waals surface area (Å²) in [6, 6.07) is 5.67. The van der Waals surface area contributed by atoms with Crippen LogP contribution in [-0.2, 0) is 13.1 Å². The summed E-state index contributed by atoms with van der Waals surface area (Å²) in [5, 5.41) is 4.88. The number of nitrogens with one attached hydrogen (secondary N) is 1. The number of anilines is 1. The average molecular weight is 249 g/mol. The highest BCUT2D eigenvalue weighted by atomic mass is 32.1. The Bertz CT molecular complexity index is 502. The molecule has 90 valence electrons. The summed E-state index contributed by atoms with van der Waals surface area (Å²) in [6.07, 6.45) is 1.78. The maximum atomic E-state index is 12.0. The van der Waals surface area contributed by atoms with E-state index in [0.717, 1.165) is 11.4 Å². The van der Waals surface area contributed by atoms with Crippen molar-refractivity contribution in [3.05, 3.63) is 40.3 Å². The maximum absolute atomic E-state index is 12.0. The van der Waals surface area contributed by atoms with E-state index in [0.29, 0.717) is 17.9 Å². The van der Waals surface area contributed by atoms with Crippen molar-refractivity contribution < 1.29 is 4.79 Å². The third-order valence-electron chi connectivity index (χ3n) is 2.49. The van der Waals surface area contributed by atoms with E-state index in [1.807, 2.05) is 29.0 Å². The van der Waals surface area contributed by atoms with E-state index in [4.69, 9.17) is 5.73 Å². The molecule has 0 bridgehead atoms. The number of aromatic nitrogens is 1. The first kappa shape index (κ1) is 11.7. The molecule has 2 rings (SSSR count). The van der Waals surface area contributed by atoms with E-state index in [9.17, 15) is 4.79 Å². The van der Waals surface area contributed by atoms with Gasteiger partial charge in [0, 0.05) is 17.6 Å². The molecule has 3 N–H and O–H groups in total. The van der Waals surface area contributed by atoms with Crippen LogP contribution in [0.25, 0.3) is 0 Å². The highest BCUT2D eigenvalue weighted by Gasteiger charge is 2.11. The lowest BCUT2D eigenvalue weighted by Crippen LogP contribution is -2.24. The summed E-state index contributed by atoms with van der Waals surface area (Å²) in [5.41, 5.74) is 6.92. The summed E-state index contributed by atoms with van der Waals surface area (Å²) < 4.78 is 1.85.